The number of benzene rings is 2. The van der Waals surface area contributed by atoms with Crippen LogP contribution in [-0.4, -0.2) is 9.55 Å². The van der Waals surface area contributed by atoms with E-state index in [1.54, 1.807) is 6.20 Å². The molecule has 0 atom stereocenters. The summed E-state index contributed by atoms with van der Waals surface area (Å²) in [6.07, 6.45) is 10.5. The van der Waals surface area contributed by atoms with Gasteiger partial charge < -0.3 is 4.57 Å². The fourth-order valence-corrected chi connectivity index (χ4v) is 3.56. The molecule has 2 aromatic heterocycles. The zero-order chi connectivity index (χ0) is 24.3. The topological polar surface area (TPSA) is 41.6 Å². The van der Waals surface area contributed by atoms with Crippen LogP contribution in [0.2, 0.25) is 0 Å². The van der Waals surface area contributed by atoms with Crippen LogP contribution in [-0.2, 0) is 12.8 Å². The SMILES string of the molecule is C=C(C)c1ccnc(-n2cc(C#N)c(-c3cccc(CCc4ccccc4)c3)c2)c1.C=CCC. The van der Waals surface area contributed by atoms with Crippen molar-refractivity contribution < 1.29 is 0 Å². The molecule has 0 aliphatic rings. The van der Waals surface area contributed by atoms with Crippen molar-refractivity contribution in [1.29, 1.82) is 5.26 Å². The summed E-state index contributed by atoms with van der Waals surface area (Å²) in [4.78, 5) is 4.47. The number of aromatic nitrogens is 2. The standard InChI is InChI=1S/C27H23N3.C4H8/c1-20(2)23-13-14-29-27(16-23)30-18-25(17-28)26(19-30)24-10-6-9-22(15-24)12-11-21-7-4-3-5-8-21;1-3-4-2/h3-10,13-16,18-19H,1,11-12H2,2H3;3H,1,4H2,2H3. The van der Waals surface area contributed by atoms with Gasteiger partial charge in [-0.1, -0.05) is 79.7 Å². The molecule has 0 bridgehead atoms. The second-order valence-corrected chi connectivity index (χ2v) is 8.17. The minimum Gasteiger partial charge on any atom is -0.307 e. The number of allylic oxidation sites excluding steroid dienone is 2. The minimum absolute atomic E-state index is 0.637. The smallest absolute Gasteiger partial charge is 0.137 e. The highest BCUT2D eigenvalue weighted by molar-refractivity contribution is 5.71. The second kappa shape index (κ2) is 12.2. The number of pyridine rings is 1. The van der Waals surface area contributed by atoms with E-state index in [0.29, 0.717) is 5.56 Å². The molecule has 2 heterocycles. The van der Waals surface area contributed by atoms with Gasteiger partial charge in [0.15, 0.2) is 0 Å². The van der Waals surface area contributed by atoms with Gasteiger partial charge in [0, 0.05) is 24.2 Å². The van der Waals surface area contributed by atoms with Crippen molar-refractivity contribution in [2.45, 2.75) is 33.1 Å². The van der Waals surface area contributed by atoms with E-state index in [1.807, 2.05) is 48.2 Å². The fraction of sp³-hybridized carbons (Fsp3) is 0.161. The lowest BCUT2D eigenvalue weighted by molar-refractivity contribution is 0.960. The molecule has 0 radical (unpaired) electrons. The van der Waals surface area contributed by atoms with E-state index in [-0.39, 0.29) is 0 Å². The molecule has 4 rings (SSSR count). The summed E-state index contributed by atoms with van der Waals surface area (Å²) in [6, 6.07) is 25.2. The average molecular weight is 446 g/mol. The summed E-state index contributed by atoms with van der Waals surface area (Å²) in [7, 11) is 0. The van der Waals surface area contributed by atoms with Gasteiger partial charge in [-0.25, -0.2) is 4.98 Å². The molecular formula is C31H31N3. The Bertz CT molecular complexity index is 1290. The molecule has 0 spiro atoms. The van der Waals surface area contributed by atoms with E-state index < -0.39 is 0 Å². The third kappa shape index (κ3) is 6.43. The Balaban J connectivity index is 0.000000751. The lowest BCUT2D eigenvalue weighted by atomic mass is 9.99. The first kappa shape index (κ1) is 24.5. The van der Waals surface area contributed by atoms with Crippen molar-refractivity contribution >= 4 is 5.57 Å². The van der Waals surface area contributed by atoms with Crippen molar-refractivity contribution in [3.05, 3.63) is 127 Å². The Kier molecular flexibility index (Phi) is 8.77. The Morgan fingerprint density at radius 2 is 1.71 bits per heavy atom. The molecule has 0 fully saturated rings. The summed E-state index contributed by atoms with van der Waals surface area (Å²) in [6.45, 7) is 11.5. The van der Waals surface area contributed by atoms with Crippen LogP contribution in [0.4, 0.5) is 0 Å². The van der Waals surface area contributed by atoms with E-state index in [4.69, 9.17) is 0 Å². The molecule has 0 aliphatic carbocycles. The maximum atomic E-state index is 9.71. The van der Waals surface area contributed by atoms with Crippen LogP contribution in [0.15, 0.2) is 105 Å². The molecule has 0 aliphatic heterocycles. The van der Waals surface area contributed by atoms with Crippen LogP contribution >= 0.6 is 0 Å². The highest BCUT2D eigenvalue weighted by atomic mass is 15.0. The molecule has 170 valence electrons. The first-order valence-electron chi connectivity index (χ1n) is 11.5. The predicted octanol–water partition coefficient (Wildman–Crippen LogP) is 7.81. The molecule has 0 unspecified atom stereocenters. The van der Waals surface area contributed by atoms with Gasteiger partial charge in [-0.3, -0.25) is 0 Å². The lowest BCUT2D eigenvalue weighted by Gasteiger charge is -2.06. The average Bonchev–Trinajstić information content (AvgIpc) is 3.33. The van der Waals surface area contributed by atoms with Gasteiger partial charge in [-0.05, 0) is 60.6 Å². The molecule has 3 nitrogen and oxygen atoms in total. The van der Waals surface area contributed by atoms with Crippen molar-refractivity contribution in [2.24, 2.45) is 0 Å². The quantitative estimate of drug-likeness (QED) is 0.272. The van der Waals surface area contributed by atoms with Crippen LogP contribution in [0, 0.1) is 11.3 Å². The van der Waals surface area contributed by atoms with E-state index in [2.05, 4.69) is 79.7 Å². The van der Waals surface area contributed by atoms with E-state index in [9.17, 15) is 5.26 Å². The molecule has 3 heteroatoms. The molecule has 0 saturated heterocycles. The Morgan fingerprint density at radius 1 is 1.00 bits per heavy atom. The van der Waals surface area contributed by atoms with Gasteiger partial charge in [0.1, 0.15) is 11.9 Å². The number of nitrogens with zero attached hydrogens (tertiary/aromatic N) is 3. The number of aryl methyl sites for hydroxylation is 2. The summed E-state index contributed by atoms with van der Waals surface area (Å²) < 4.78 is 1.91. The first-order chi connectivity index (χ1) is 16.5. The summed E-state index contributed by atoms with van der Waals surface area (Å²) in [5, 5.41) is 9.71. The third-order valence-corrected chi connectivity index (χ3v) is 5.52. The van der Waals surface area contributed by atoms with Gasteiger partial charge in [0.05, 0.1) is 5.56 Å². The molecule has 4 aromatic rings. The number of hydrogen-bond acceptors (Lipinski definition) is 2. The molecule has 0 amide bonds. The summed E-state index contributed by atoms with van der Waals surface area (Å²) in [5.41, 5.74) is 7.21. The highest BCUT2D eigenvalue weighted by Crippen LogP contribution is 2.27. The van der Waals surface area contributed by atoms with Crippen LogP contribution in [0.1, 0.15) is 42.5 Å². The maximum absolute atomic E-state index is 9.71. The number of nitriles is 1. The third-order valence-electron chi connectivity index (χ3n) is 5.52. The molecular weight excluding hydrogens is 414 g/mol. The Hall–Kier alpha value is -4.16. The summed E-state index contributed by atoms with van der Waals surface area (Å²) in [5.74, 6) is 0.776. The van der Waals surface area contributed by atoms with Crippen LogP contribution < -0.4 is 0 Å². The van der Waals surface area contributed by atoms with E-state index in [0.717, 1.165) is 47.3 Å². The zero-order valence-electron chi connectivity index (χ0n) is 20.0. The maximum Gasteiger partial charge on any atom is 0.137 e. The largest absolute Gasteiger partial charge is 0.307 e. The van der Waals surface area contributed by atoms with Crippen molar-refractivity contribution in [3.8, 4) is 23.0 Å². The van der Waals surface area contributed by atoms with Gasteiger partial charge >= 0.3 is 0 Å². The minimum atomic E-state index is 0.637. The van der Waals surface area contributed by atoms with Crippen LogP contribution in [0.5, 0.6) is 0 Å². The summed E-state index contributed by atoms with van der Waals surface area (Å²) >= 11 is 0. The zero-order valence-corrected chi connectivity index (χ0v) is 20.0. The number of rotatable bonds is 7. The van der Waals surface area contributed by atoms with Crippen molar-refractivity contribution in [3.63, 3.8) is 0 Å². The Morgan fingerprint density at radius 3 is 2.38 bits per heavy atom. The van der Waals surface area contributed by atoms with E-state index >= 15 is 0 Å². The lowest BCUT2D eigenvalue weighted by Crippen LogP contribution is -1.95. The molecule has 0 saturated carbocycles. The number of hydrogen-bond donors (Lipinski definition) is 0. The van der Waals surface area contributed by atoms with Crippen LogP contribution in [0.3, 0.4) is 0 Å². The van der Waals surface area contributed by atoms with E-state index in [1.165, 1.54) is 11.1 Å². The molecule has 2 aromatic carbocycles. The predicted molar refractivity (Wildman–Crippen MR) is 143 cm³/mol. The van der Waals surface area contributed by atoms with Gasteiger partial charge in [-0.15, -0.1) is 6.58 Å². The normalized spacial score (nSPS) is 10.0. The molecule has 0 N–H and O–H groups in total. The second-order valence-electron chi connectivity index (χ2n) is 8.17. The highest BCUT2D eigenvalue weighted by Gasteiger charge is 2.12. The monoisotopic (exact) mass is 445 g/mol. The Labute approximate surface area is 203 Å². The van der Waals surface area contributed by atoms with Crippen molar-refractivity contribution in [2.75, 3.05) is 0 Å². The first-order valence-corrected chi connectivity index (χ1v) is 11.5. The van der Waals surface area contributed by atoms with Gasteiger partial charge in [0.25, 0.3) is 0 Å². The van der Waals surface area contributed by atoms with Gasteiger partial charge in [0.2, 0.25) is 0 Å². The molecule has 34 heavy (non-hydrogen) atoms. The van der Waals surface area contributed by atoms with Gasteiger partial charge in [-0.2, -0.15) is 5.26 Å². The fourth-order valence-electron chi connectivity index (χ4n) is 3.56. The van der Waals surface area contributed by atoms with Crippen LogP contribution in [0.25, 0.3) is 22.5 Å². The van der Waals surface area contributed by atoms with Crippen molar-refractivity contribution in [1.82, 2.24) is 9.55 Å².